The zero-order valence-corrected chi connectivity index (χ0v) is 18.2. The molecule has 0 radical (unpaired) electrons. The Labute approximate surface area is 186 Å². The molecule has 0 bridgehead atoms. The molecule has 31 heavy (non-hydrogen) atoms. The highest BCUT2D eigenvalue weighted by Gasteiger charge is 2.24. The van der Waals surface area contributed by atoms with E-state index in [0.29, 0.717) is 38.4 Å². The standard InChI is InChI=1S/C24H26N4O2S/c1-2-15-31-22-10-6-5-9-20(22)26-23(29)17-27-11-13-28(14-12-27)24(30)21-16-18-7-3-4-8-19(18)25-21/h2-10,16,25H,1,11-15,17H2,(H,26,29). The van der Waals surface area contributed by atoms with Gasteiger partial charge in [0.1, 0.15) is 5.69 Å². The van der Waals surface area contributed by atoms with Crippen LogP contribution >= 0.6 is 11.8 Å². The molecule has 1 saturated heterocycles. The molecule has 2 N–H and O–H groups in total. The maximum absolute atomic E-state index is 12.9. The van der Waals surface area contributed by atoms with E-state index < -0.39 is 0 Å². The first-order valence-corrected chi connectivity index (χ1v) is 11.3. The molecule has 7 heteroatoms. The summed E-state index contributed by atoms with van der Waals surface area (Å²) in [5, 5.41) is 4.06. The molecule has 0 aliphatic carbocycles. The number of piperazine rings is 1. The van der Waals surface area contributed by atoms with Crippen molar-refractivity contribution >= 4 is 40.2 Å². The molecule has 1 aliphatic heterocycles. The summed E-state index contributed by atoms with van der Waals surface area (Å²) in [5.74, 6) is 0.759. The predicted molar refractivity (Wildman–Crippen MR) is 127 cm³/mol. The number of para-hydroxylation sites is 2. The van der Waals surface area contributed by atoms with Crippen molar-refractivity contribution in [3.63, 3.8) is 0 Å². The van der Waals surface area contributed by atoms with E-state index in [-0.39, 0.29) is 11.8 Å². The van der Waals surface area contributed by atoms with Crippen LogP contribution in [-0.2, 0) is 4.79 Å². The number of aromatic amines is 1. The molecular formula is C24H26N4O2S. The number of carbonyl (C=O) groups is 2. The molecule has 1 aliphatic rings. The van der Waals surface area contributed by atoms with E-state index in [0.717, 1.165) is 27.2 Å². The Morgan fingerprint density at radius 2 is 1.81 bits per heavy atom. The number of carbonyl (C=O) groups excluding carboxylic acids is 2. The number of fused-ring (bicyclic) bond motifs is 1. The Bertz CT molecular complexity index is 1050. The summed E-state index contributed by atoms with van der Waals surface area (Å²) >= 11 is 1.64. The first kappa shape index (κ1) is 21.2. The van der Waals surface area contributed by atoms with Crippen LogP contribution in [0.5, 0.6) is 0 Å². The normalized spacial score (nSPS) is 14.5. The Morgan fingerprint density at radius 1 is 1.06 bits per heavy atom. The van der Waals surface area contributed by atoms with Crippen molar-refractivity contribution in [2.45, 2.75) is 4.90 Å². The largest absolute Gasteiger partial charge is 0.351 e. The summed E-state index contributed by atoms with van der Waals surface area (Å²) in [7, 11) is 0. The highest BCUT2D eigenvalue weighted by Crippen LogP contribution is 2.27. The number of hydrogen-bond acceptors (Lipinski definition) is 4. The molecule has 160 valence electrons. The lowest BCUT2D eigenvalue weighted by molar-refractivity contribution is -0.117. The monoisotopic (exact) mass is 434 g/mol. The summed E-state index contributed by atoms with van der Waals surface area (Å²) in [6.07, 6.45) is 1.85. The first-order chi connectivity index (χ1) is 15.1. The number of rotatable bonds is 7. The predicted octanol–water partition coefficient (Wildman–Crippen LogP) is 3.84. The average Bonchev–Trinajstić information content (AvgIpc) is 3.23. The van der Waals surface area contributed by atoms with Crippen LogP contribution in [0, 0.1) is 0 Å². The van der Waals surface area contributed by atoms with Gasteiger partial charge in [0, 0.05) is 47.7 Å². The van der Waals surface area contributed by atoms with Gasteiger partial charge in [-0.1, -0.05) is 36.4 Å². The summed E-state index contributed by atoms with van der Waals surface area (Å²) in [6.45, 7) is 6.62. The third kappa shape index (κ3) is 5.18. The number of H-pyrrole nitrogens is 1. The molecule has 6 nitrogen and oxygen atoms in total. The third-order valence-corrected chi connectivity index (χ3v) is 6.37. The van der Waals surface area contributed by atoms with Crippen molar-refractivity contribution in [2.24, 2.45) is 0 Å². The summed E-state index contributed by atoms with van der Waals surface area (Å²) in [5.41, 5.74) is 2.40. The summed E-state index contributed by atoms with van der Waals surface area (Å²) in [4.78, 5) is 33.6. The number of thioether (sulfide) groups is 1. The van der Waals surface area contributed by atoms with E-state index in [9.17, 15) is 9.59 Å². The molecule has 0 unspecified atom stereocenters. The molecule has 0 saturated carbocycles. The van der Waals surface area contributed by atoms with Crippen LogP contribution in [0.4, 0.5) is 5.69 Å². The third-order valence-electron chi connectivity index (χ3n) is 5.30. The van der Waals surface area contributed by atoms with Gasteiger partial charge in [0.15, 0.2) is 0 Å². The van der Waals surface area contributed by atoms with Crippen LogP contribution < -0.4 is 5.32 Å². The molecule has 1 fully saturated rings. The van der Waals surface area contributed by atoms with Gasteiger partial charge in [-0.05, 0) is 24.3 Å². The quantitative estimate of drug-likeness (QED) is 0.438. The van der Waals surface area contributed by atoms with Crippen molar-refractivity contribution in [1.82, 2.24) is 14.8 Å². The van der Waals surface area contributed by atoms with E-state index in [1.807, 2.05) is 65.6 Å². The van der Waals surface area contributed by atoms with Crippen molar-refractivity contribution in [3.05, 3.63) is 72.9 Å². The maximum atomic E-state index is 12.9. The van der Waals surface area contributed by atoms with Gasteiger partial charge in [-0.25, -0.2) is 0 Å². The van der Waals surface area contributed by atoms with Crippen molar-refractivity contribution in [3.8, 4) is 0 Å². The zero-order chi connectivity index (χ0) is 21.6. The topological polar surface area (TPSA) is 68.4 Å². The maximum Gasteiger partial charge on any atom is 0.270 e. The van der Waals surface area contributed by atoms with Crippen LogP contribution in [0.3, 0.4) is 0 Å². The van der Waals surface area contributed by atoms with E-state index in [4.69, 9.17) is 0 Å². The molecule has 0 spiro atoms. The number of nitrogens with one attached hydrogen (secondary N) is 2. The van der Waals surface area contributed by atoms with Crippen molar-refractivity contribution in [2.75, 3.05) is 43.8 Å². The molecule has 2 heterocycles. The summed E-state index contributed by atoms with van der Waals surface area (Å²) in [6, 6.07) is 17.6. The molecule has 2 amide bonds. The number of aromatic nitrogens is 1. The van der Waals surface area contributed by atoms with Crippen LogP contribution in [0.25, 0.3) is 10.9 Å². The second-order valence-corrected chi connectivity index (χ2v) is 8.54. The number of nitrogens with zero attached hydrogens (tertiary/aromatic N) is 2. The van der Waals surface area contributed by atoms with Crippen molar-refractivity contribution in [1.29, 1.82) is 0 Å². The lowest BCUT2D eigenvalue weighted by Gasteiger charge is -2.34. The Kier molecular flexibility index (Phi) is 6.74. The molecule has 2 aromatic carbocycles. The van der Waals surface area contributed by atoms with E-state index >= 15 is 0 Å². The number of amides is 2. The summed E-state index contributed by atoms with van der Waals surface area (Å²) < 4.78 is 0. The minimum absolute atomic E-state index is 0.00784. The highest BCUT2D eigenvalue weighted by atomic mass is 32.2. The number of anilines is 1. The van der Waals surface area contributed by atoms with Gasteiger partial charge < -0.3 is 15.2 Å². The fourth-order valence-corrected chi connectivity index (χ4v) is 4.45. The van der Waals surface area contributed by atoms with Gasteiger partial charge in [0.25, 0.3) is 5.91 Å². The van der Waals surface area contributed by atoms with Gasteiger partial charge >= 0.3 is 0 Å². The zero-order valence-electron chi connectivity index (χ0n) is 17.3. The number of hydrogen-bond donors (Lipinski definition) is 2. The van der Waals surface area contributed by atoms with Gasteiger partial charge in [-0.15, -0.1) is 18.3 Å². The van der Waals surface area contributed by atoms with E-state index in [2.05, 4.69) is 21.8 Å². The molecule has 1 aromatic heterocycles. The SMILES string of the molecule is C=CCSc1ccccc1NC(=O)CN1CCN(C(=O)c2cc3ccccc3[nH]2)CC1. The van der Waals surface area contributed by atoms with Gasteiger partial charge in [0.05, 0.1) is 12.2 Å². The van der Waals surface area contributed by atoms with E-state index in [1.165, 1.54) is 0 Å². The Morgan fingerprint density at radius 3 is 2.58 bits per heavy atom. The average molecular weight is 435 g/mol. The van der Waals surface area contributed by atoms with Crippen LogP contribution in [0.15, 0.2) is 72.1 Å². The molecule has 4 rings (SSSR count). The Balaban J connectivity index is 1.29. The molecular weight excluding hydrogens is 408 g/mol. The first-order valence-electron chi connectivity index (χ1n) is 10.4. The van der Waals surface area contributed by atoms with Gasteiger partial charge in [0.2, 0.25) is 5.91 Å². The second kappa shape index (κ2) is 9.85. The Hall–Kier alpha value is -3.03. The van der Waals surface area contributed by atoms with Crippen molar-refractivity contribution < 1.29 is 9.59 Å². The van der Waals surface area contributed by atoms with E-state index in [1.54, 1.807) is 11.8 Å². The molecule has 3 aromatic rings. The van der Waals surface area contributed by atoms with Crippen LogP contribution in [0.2, 0.25) is 0 Å². The van der Waals surface area contributed by atoms with Gasteiger partial charge in [-0.2, -0.15) is 0 Å². The molecule has 0 atom stereocenters. The van der Waals surface area contributed by atoms with Gasteiger partial charge in [-0.3, -0.25) is 14.5 Å². The highest BCUT2D eigenvalue weighted by molar-refractivity contribution is 7.99. The number of benzene rings is 2. The fourth-order valence-electron chi connectivity index (χ4n) is 3.71. The second-order valence-electron chi connectivity index (χ2n) is 7.48. The lowest BCUT2D eigenvalue weighted by Crippen LogP contribution is -2.50. The fraction of sp³-hybridized carbons (Fsp3) is 0.250. The smallest absolute Gasteiger partial charge is 0.270 e. The van der Waals surface area contributed by atoms with Crippen LogP contribution in [-0.4, -0.2) is 65.1 Å². The lowest BCUT2D eigenvalue weighted by atomic mass is 10.2. The van der Waals surface area contributed by atoms with Crippen LogP contribution in [0.1, 0.15) is 10.5 Å². The minimum atomic E-state index is -0.0398. The minimum Gasteiger partial charge on any atom is -0.351 e.